The number of pyridine rings is 1. The Balaban J connectivity index is 2.11. The van der Waals surface area contributed by atoms with Crippen LogP contribution in [0.4, 0.5) is 0 Å². The number of esters is 1. The maximum Gasteiger partial charge on any atom is 0.337 e. The van der Waals surface area contributed by atoms with Gasteiger partial charge in [0.2, 0.25) is 15.0 Å². The molecular weight excluding hydrogens is 382 g/mol. The largest absolute Gasteiger partial charge is 0.465 e. The number of carbonyl (C=O) groups is 1. The second-order valence-electron chi connectivity index (χ2n) is 6.27. The van der Waals surface area contributed by atoms with Crippen molar-refractivity contribution in [3.05, 3.63) is 42.4 Å². The molecule has 9 nitrogen and oxygen atoms in total. The molecule has 0 saturated heterocycles. The van der Waals surface area contributed by atoms with Crippen LogP contribution < -0.4 is 0 Å². The number of benzene rings is 1. The van der Waals surface area contributed by atoms with Crippen molar-refractivity contribution in [2.75, 3.05) is 13.4 Å². The first-order chi connectivity index (χ1) is 13.3. The van der Waals surface area contributed by atoms with Gasteiger partial charge in [-0.3, -0.25) is 4.68 Å². The molecule has 0 amide bonds. The molecule has 3 heterocycles. The molecule has 0 aliphatic rings. The molecule has 0 aliphatic heterocycles. The smallest absolute Gasteiger partial charge is 0.337 e. The van der Waals surface area contributed by atoms with Gasteiger partial charge in [-0.15, -0.1) is 0 Å². The minimum atomic E-state index is -3.59. The number of fused-ring (bicyclic) bond motifs is 3. The van der Waals surface area contributed by atoms with E-state index in [9.17, 15) is 13.2 Å². The number of sulfone groups is 1. The molecule has 0 atom stereocenters. The number of methoxy groups -OCH3 is 1. The Labute approximate surface area is 159 Å². The summed E-state index contributed by atoms with van der Waals surface area (Å²) in [4.78, 5) is 24.8. The van der Waals surface area contributed by atoms with E-state index in [1.807, 2.05) is 0 Å². The zero-order valence-electron chi connectivity index (χ0n) is 15.2. The van der Waals surface area contributed by atoms with E-state index in [4.69, 9.17) is 4.74 Å². The summed E-state index contributed by atoms with van der Waals surface area (Å²) in [5, 5.41) is 5.18. The highest BCUT2D eigenvalue weighted by molar-refractivity contribution is 7.90. The molecule has 28 heavy (non-hydrogen) atoms. The van der Waals surface area contributed by atoms with E-state index in [1.54, 1.807) is 42.3 Å². The Morgan fingerprint density at radius 3 is 2.57 bits per heavy atom. The fourth-order valence-electron chi connectivity index (χ4n) is 2.94. The molecule has 3 aromatic heterocycles. The van der Waals surface area contributed by atoms with Crippen LogP contribution in [0.5, 0.6) is 0 Å². The first-order valence-electron chi connectivity index (χ1n) is 8.16. The van der Waals surface area contributed by atoms with Gasteiger partial charge < -0.3 is 4.74 Å². The molecule has 0 saturated carbocycles. The predicted molar refractivity (Wildman–Crippen MR) is 101 cm³/mol. The minimum Gasteiger partial charge on any atom is -0.465 e. The third kappa shape index (κ3) is 2.97. The van der Waals surface area contributed by atoms with Crippen LogP contribution >= 0.6 is 0 Å². The summed E-state index contributed by atoms with van der Waals surface area (Å²) < 4.78 is 30.2. The molecule has 0 aliphatic carbocycles. The first-order valence-corrected chi connectivity index (χ1v) is 10.0. The zero-order chi connectivity index (χ0) is 20.1. The standard InChI is InChI=1S/C18H15N5O4S/c1-23-9-11(7-20-23)15-16-13(8-19-18(22-16)28(3,25)26)12-5-4-10(17(24)27-2)6-14(12)21-15/h4-9H,1-3H3. The van der Waals surface area contributed by atoms with Gasteiger partial charge in [-0.1, -0.05) is 6.07 Å². The highest BCUT2D eigenvalue weighted by atomic mass is 32.2. The van der Waals surface area contributed by atoms with Crippen molar-refractivity contribution in [3.8, 4) is 11.3 Å². The molecule has 4 rings (SSSR count). The number of hydrogen-bond donors (Lipinski definition) is 0. The maximum atomic E-state index is 11.9. The maximum absolute atomic E-state index is 11.9. The summed E-state index contributed by atoms with van der Waals surface area (Å²) in [6, 6.07) is 4.95. The summed E-state index contributed by atoms with van der Waals surface area (Å²) in [6.45, 7) is 0. The number of hydrogen-bond acceptors (Lipinski definition) is 8. The van der Waals surface area contributed by atoms with E-state index in [0.29, 0.717) is 38.6 Å². The highest BCUT2D eigenvalue weighted by Gasteiger charge is 2.19. The fraction of sp³-hybridized carbons (Fsp3) is 0.167. The van der Waals surface area contributed by atoms with Gasteiger partial charge >= 0.3 is 5.97 Å². The second-order valence-corrected chi connectivity index (χ2v) is 8.18. The van der Waals surface area contributed by atoms with Crippen LogP contribution in [0.3, 0.4) is 0 Å². The van der Waals surface area contributed by atoms with Gasteiger partial charge in [0.05, 0.1) is 24.4 Å². The van der Waals surface area contributed by atoms with E-state index in [2.05, 4.69) is 20.1 Å². The third-order valence-electron chi connectivity index (χ3n) is 4.24. The average Bonchev–Trinajstić information content (AvgIpc) is 3.11. The van der Waals surface area contributed by atoms with Gasteiger partial charge in [0.25, 0.3) is 0 Å². The topological polar surface area (TPSA) is 117 Å². The Morgan fingerprint density at radius 1 is 1.14 bits per heavy atom. The van der Waals surface area contributed by atoms with Gasteiger partial charge in [-0.25, -0.2) is 28.2 Å². The van der Waals surface area contributed by atoms with Crippen molar-refractivity contribution >= 4 is 37.6 Å². The summed E-state index contributed by atoms with van der Waals surface area (Å²) in [5.41, 5.74) is 2.39. The van der Waals surface area contributed by atoms with E-state index in [1.165, 1.54) is 13.3 Å². The molecule has 0 N–H and O–H groups in total. The first kappa shape index (κ1) is 18.0. The summed E-state index contributed by atoms with van der Waals surface area (Å²) >= 11 is 0. The zero-order valence-corrected chi connectivity index (χ0v) is 16.1. The predicted octanol–water partition coefficient (Wildman–Crippen LogP) is 1.77. The van der Waals surface area contributed by atoms with Crippen LogP contribution in [0.25, 0.3) is 33.1 Å². The molecule has 1 aromatic carbocycles. The quantitative estimate of drug-likeness (QED) is 0.292. The molecule has 142 valence electrons. The number of rotatable bonds is 3. The second kappa shape index (κ2) is 6.34. The van der Waals surface area contributed by atoms with Crippen molar-refractivity contribution in [3.63, 3.8) is 0 Å². The Kier molecular flexibility index (Phi) is 4.07. The van der Waals surface area contributed by atoms with Gasteiger partial charge in [-0.05, 0) is 12.1 Å². The lowest BCUT2D eigenvalue weighted by Crippen LogP contribution is -2.05. The monoisotopic (exact) mass is 397 g/mol. The van der Waals surface area contributed by atoms with Crippen LogP contribution in [-0.4, -0.2) is 52.5 Å². The lowest BCUT2D eigenvalue weighted by atomic mass is 10.0. The molecule has 0 spiro atoms. The van der Waals surface area contributed by atoms with Crippen LogP contribution in [0.15, 0.2) is 41.9 Å². The number of carbonyl (C=O) groups excluding carboxylic acids is 1. The molecule has 4 aromatic rings. The molecule has 0 fully saturated rings. The van der Waals surface area contributed by atoms with Gasteiger partial charge in [0.15, 0.2) is 0 Å². The molecule has 0 bridgehead atoms. The number of aryl methyl sites for hydroxylation is 1. The van der Waals surface area contributed by atoms with E-state index in [0.717, 1.165) is 6.26 Å². The van der Waals surface area contributed by atoms with E-state index in [-0.39, 0.29) is 5.16 Å². The Bertz CT molecular complexity index is 1360. The minimum absolute atomic E-state index is 0.280. The Morgan fingerprint density at radius 2 is 1.93 bits per heavy atom. The van der Waals surface area contributed by atoms with Gasteiger partial charge in [0, 0.05) is 42.0 Å². The third-order valence-corrected chi connectivity index (χ3v) is 5.10. The summed E-state index contributed by atoms with van der Waals surface area (Å²) in [6.07, 6.45) is 5.87. The van der Waals surface area contributed by atoms with E-state index < -0.39 is 15.8 Å². The molecule has 0 radical (unpaired) electrons. The van der Waals surface area contributed by atoms with Crippen LogP contribution in [0.1, 0.15) is 10.4 Å². The van der Waals surface area contributed by atoms with Crippen molar-refractivity contribution in [2.24, 2.45) is 7.05 Å². The fourth-order valence-corrected chi connectivity index (χ4v) is 3.44. The number of ether oxygens (including phenoxy) is 1. The molecule has 10 heteroatoms. The highest BCUT2D eigenvalue weighted by Crippen LogP contribution is 2.31. The Hall–Kier alpha value is -3.40. The summed E-state index contributed by atoms with van der Waals surface area (Å²) in [7, 11) is -0.524. The molecule has 0 unspecified atom stereocenters. The normalized spacial score (nSPS) is 11.8. The lowest BCUT2D eigenvalue weighted by Gasteiger charge is -2.09. The summed E-state index contributed by atoms with van der Waals surface area (Å²) in [5.74, 6) is -0.476. The van der Waals surface area contributed by atoms with Gasteiger partial charge in [-0.2, -0.15) is 5.10 Å². The van der Waals surface area contributed by atoms with Crippen molar-refractivity contribution in [1.82, 2.24) is 24.7 Å². The van der Waals surface area contributed by atoms with Crippen molar-refractivity contribution in [1.29, 1.82) is 0 Å². The SMILES string of the molecule is COC(=O)c1ccc2c(c1)nc(-c1cnn(C)c1)c1nc(S(C)(=O)=O)ncc12. The average molecular weight is 397 g/mol. The van der Waals surface area contributed by atoms with Crippen LogP contribution in [-0.2, 0) is 21.6 Å². The number of aromatic nitrogens is 5. The van der Waals surface area contributed by atoms with Crippen LogP contribution in [0, 0.1) is 0 Å². The van der Waals surface area contributed by atoms with Crippen LogP contribution in [0.2, 0.25) is 0 Å². The van der Waals surface area contributed by atoms with E-state index >= 15 is 0 Å². The molecular formula is C18H15N5O4S. The number of nitrogens with zero attached hydrogens (tertiary/aromatic N) is 5. The van der Waals surface area contributed by atoms with Crippen molar-refractivity contribution in [2.45, 2.75) is 5.16 Å². The lowest BCUT2D eigenvalue weighted by molar-refractivity contribution is 0.0601. The van der Waals surface area contributed by atoms with Gasteiger partial charge in [0.1, 0.15) is 11.2 Å². The van der Waals surface area contributed by atoms with Crippen molar-refractivity contribution < 1.29 is 17.9 Å².